The van der Waals surface area contributed by atoms with Crippen molar-refractivity contribution in [3.05, 3.63) is 41.0 Å². The van der Waals surface area contributed by atoms with Crippen molar-refractivity contribution in [3.63, 3.8) is 0 Å². The Morgan fingerprint density at radius 1 is 0.679 bits per heavy atom. The zero-order chi connectivity index (χ0) is 20.4. The van der Waals surface area contributed by atoms with Crippen molar-refractivity contribution in [1.82, 2.24) is 0 Å². The van der Waals surface area contributed by atoms with Crippen molar-refractivity contribution in [3.8, 4) is 28.7 Å². The maximum Gasteiger partial charge on any atom is 0.203 e. The standard InChI is InChI=1S/C23H30O5/c1-13-8-15-9-18(24-3)19(25-4)12-17(15)22(14(13)2)16-10-20(26-5)23(28-7)21(11-16)27-6/h9-14,22H,8H2,1-7H3/t13-,14-,22-/m0/s1. The van der Waals surface area contributed by atoms with Crippen LogP contribution in [0.4, 0.5) is 0 Å². The summed E-state index contributed by atoms with van der Waals surface area (Å²) < 4.78 is 27.8. The molecule has 0 amide bonds. The summed E-state index contributed by atoms with van der Waals surface area (Å²) in [5.74, 6) is 4.62. The molecule has 0 saturated heterocycles. The molecule has 0 fully saturated rings. The zero-order valence-corrected chi connectivity index (χ0v) is 17.8. The largest absolute Gasteiger partial charge is 0.493 e. The minimum Gasteiger partial charge on any atom is -0.493 e. The number of hydrogen-bond donors (Lipinski definition) is 0. The summed E-state index contributed by atoms with van der Waals surface area (Å²) >= 11 is 0. The van der Waals surface area contributed by atoms with E-state index in [0.29, 0.717) is 29.1 Å². The Labute approximate surface area is 167 Å². The van der Waals surface area contributed by atoms with Crippen molar-refractivity contribution < 1.29 is 23.7 Å². The van der Waals surface area contributed by atoms with E-state index in [1.54, 1.807) is 35.5 Å². The van der Waals surface area contributed by atoms with Gasteiger partial charge in [0.25, 0.3) is 0 Å². The van der Waals surface area contributed by atoms with Gasteiger partial charge in [0.1, 0.15) is 0 Å². The van der Waals surface area contributed by atoms with Gasteiger partial charge in [0, 0.05) is 5.92 Å². The lowest BCUT2D eigenvalue weighted by atomic mass is 9.68. The van der Waals surface area contributed by atoms with E-state index in [4.69, 9.17) is 23.7 Å². The van der Waals surface area contributed by atoms with Crippen molar-refractivity contribution in [2.24, 2.45) is 11.8 Å². The van der Waals surface area contributed by atoms with Crippen molar-refractivity contribution in [2.75, 3.05) is 35.5 Å². The minimum atomic E-state index is 0.187. The fourth-order valence-corrected chi connectivity index (χ4v) is 4.31. The van der Waals surface area contributed by atoms with E-state index in [9.17, 15) is 0 Å². The second-order valence-corrected chi connectivity index (χ2v) is 7.38. The molecule has 0 unspecified atom stereocenters. The number of benzene rings is 2. The highest BCUT2D eigenvalue weighted by molar-refractivity contribution is 5.58. The molecule has 5 heteroatoms. The SMILES string of the molecule is COc1cc2c(cc1OC)[C@H](c1cc(OC)c(OC)c(OC)c1)[C@@H](C)[C@@H](C)C2. The molecular formula is C23H30O5. The van der Waals surface area contributed by atoms with Gasteiger partial charge in [0.05, 0.1) is 35.5 Å². The molecule has 0 heterocycles. The van der Waals surface area contributed by atoms with Crippen LogP contribution in [0.15, 0.2) is 24.3 Å². The lowest BCUT2D eigenvalue weighted by Crippen LogP contribution is -2.27. The maximum atomic E-state index is 5.59. The molecular weight excluding hydrogens is 356 g/mol. The molecule has 0 aromatic heterocycles. The molecule has 0 aliphatic heterocycles. The third-order valence-corrected chi connectivity index (χ3v) is 5.99. The number of hydrogen-bond acceptors (Lipinski definition) is 5. The fourth-order valence-electron chi connectivity index (χ4n) is 4.31. The topological polar surface area (TPSA) is 46.2 Å². The number of fused-ring (bicyclic) bond motifs is 1. The smallest absolute Gasteiger partial charge is 0.203 e. The Morgan fingerprint density at radius 3 is 1.71 bits per heavy atom. The van der Waals surface area contributed by atoms with Crippen LogP contribution >= 0.6 is 0 Å². The molecule has 152 valence electrons. The summed E-state index contributed by atoms with van der Waals surface area (Å²) in [6, 6.07) is 8.34. The van der Waals surface area contributed by atoms with E-state index in [1.165, 1.54) is 11.1 Å². The summed E-state index contributed by atoms with van der Waals surface area (Å²) in [6.45, 7) is 4.60. The fraction of sp³-hybridized carbons (Fsp3) is 0.478. The second kappa shape index (κ2) is 8.21. The third-order valence-electron chi connectivity index (χ3n) is 5.99. The van der Waals surface area contributed by atoms with E-state index >= 15 is 0 Å². The van der Waals surface area contributed by atoms with E-state index < -0.39 is 0 Å². The highest BCUT2D eigenvalue weighted by atomic mass is 16.5. The van der Waals surface area contributed by atoms with Crippen LogP contribution in [0.2, 0.25) is 0 Å². The molecule has 2 aromatic rings. The van der Waals surface area contributed by atoms with Crippen molar-refractivity contribution in [1.29, 1.82) is 0 Å². The Balaban J connectivity index is 2.22. The first-order valence-electron chi connectivity index (χ1n) is 9.53. The zero-order valence-electron chi connectivity index (χ0n) is 17.8. The minimum absolute atomic E-state index is 0.187. The molecule has 2 aromatic carbocycles. The number of rotatable bonds is 6. The average Bonchev–Trinajstić information content (AvgIpc) is 2.72. The second-order valence-electron chi connectivity index (χ2n) is 7.38. The first kappa shape index (κ1) is 20.2. The van der Waals surface area contributed by atoms with Gasteiger partial charge in [0.15, 0.2) is 23.0 Å². The molecule has 0 bridgehead atoms. The lowest BCUT2D eigenvalue weighted by molar-refractivity contribution is 0.310. The van der Waals surface area contributed by atoms with Gasteiger partial charge in [0.2, 0.25) is 5.75 Å². The van der Waals surface area contributed by atoms with Gasteiger partial charge in [-0.15, -0.1) is 0 Å². The van der Waals surface area contributed by atoms with Crippen LogP contribution in [0.5, 0.6) is 28.7 Å². The van der Waals surface area contributed by atoms with Gasteiger partial charge in [-0.3, -0.25) is 0 Å². The van der Waals surface area contributed by atoms with Gasteiger partial charge < -0.3 is 23.7 Å². The predicted molar refractivity (Wildman–Crippen MR) is 110 cm³/mol. The highest BCUT2D eigenvalue weighted by Crippen LogP contribution is 2.49. The molecule has 0 N–H and O–H groups in total. The molecule has 1 aliphatic rings. The molecule has 3 rings (SSSR count). The molecule has 3 atom stereocenters. The molecule has 0 spiro atoms. The Bertz CT molecular complexity index is 820. The first-order chi connectivity index (χ1) is 13.5. The van der Waals surface area contributed by atoms with Gasteiger partial charge in [-0.25, -0.2) is 0 Å². The van der Waals surface area contributed by atoms with Crippen LogP contribution in [-0.2, 0) is 6.42 Å². The van der Waals surface area contributed by atoms with E-state index in [0.717, 1.165) is 23.5 Å². The van der Waals surface area contributed by atoms with Crippen molar-refractivity contribution >= 4 is 0 Å². The molecule has 5 nitrogen and oxygen atoms in total. The maximum absolute atomic E-state index is 5.59. The highest BCUT2D eigenvalue weighted by Gasteiger charge is 2.35. The van der Waals surface area contributed by atoms with Gasteiger partial charge in [-0.1, -0.05) is 13.8 Å². The quantitative estimate of drug-likeness (QED) is 0.721. The van der Waals surface area contributed by atoms with E-state index in [2.05, 4.69) is 38.1 Å². The Kier molecular flexibility index (Phi) is 5.92. The molecule has 0 radical (unpaired) electrons. The third kappa shape index (κ3) is 3.34. The predicted octanol–water partition coefficient (Wildman–Crippen LogP) is 4.69. The van der Waals surface area contributed by atoms with Gasteiger partial charge in [-0.05, 0) is 59.2 Å². The van der Waals surface area contributed by atoms with Crippen LogP contribution in [0, 0.1) is 11.8 Å². The summed E-state index contributed by atoms with van der Waals surface area (Å²) in [6.07, 6.45) is 1.01. The summed E-state index contributed by atoms with van der Waals surface area (Å²) in [5, 5.41) is 0. The number of ether oxygens (including phenoxy) is 5. The van der Waals surface area contributed by atoms with Crippen LogP contribution in [0.3, 0.4) is 0 Å². The lowest BCUT2D eigenvalue weighted by Gasteiger charge is -2.37. The Hall–Kier alpha value is -2.56. The summed E-state index contributed by atoms with van der Waals surface area (Å²) in [4.78, 5) is 0. The molecule has 28 heavy (non-hydrogen) atoms. The van der Waals surface area contributed by atoms with Crippen LogP contribution in [-0.4, -0.2) is 35.5 Å². The summed E-state index contributed by atoms with van der Waals surface area (Å²) in [5.41, 5.74) is 3.70. The van der Waals surface area contributed by atoms with Crippen molar-refractivity contribution in [2.45, 2.75) is 26.2 Å². The van der Waals surface area contributed by atoms with Crippen LogP contribution in [0.1, 0.15) is 36.5 Å². The van der Waals surface area contributed by atoms with Crippen LogP contribution in [0.25, 0.3) is 0 Å². The number of methoxy groups -OCH3 is 5. The Morgan fingerprint density at radius 2 is 1.21 bits per heavy atom. The van der Waals surface area contributed by atoms with E-state index in [1.807, 2.05) is 0 Å². The van der Waals surface area contributed by atoms with Gasteiger partial charge >= 0.3 is 0 Å². The molecule has 1 aliphatic carbocycles. The van der Waals surface area contributed by atoms with Crippen LogP contribution < -0.4 is 23.7 Å². The monoisotopic (exact) mass is 386 g/mol. The normalized spacial score (nSPS) is 20.9. The molecule has 0 saturated carbocycles. The van der Waals surface area contributed by atoms with Gasteiger partial charge in [-0.2, -0.15) is 0 Å². The van der Waals surface area contributed by atoms with E-state index in [-0.39, 0.29) is 5.92 Å². The summed E-state index contributed by atoms with van der Waals surface area (Å²) in [7, 11) is 8.27. The first-order valence-corrected chi connectivity index (χ1v) is 9.53. The average molecular weight is 386 g/mol.